The van der Waals surface area contributed by atoms with Crippen molar-refractivity contribution in [1.29, 1.82) is 0 Å². The monoisotopic (exact) mass is 265 g/mol. The summed E-state index contributed by atoms with van der Waals surface area (Å²) in [5.41, 5.74) is 0.0343. The molecule has 6 nitrogen and oxygen atoms in total. The first-order valence-corrected chi connectivity index (χ1v) is 6.50. The van der Waals surface area contributed by atoms with E-state index in [4.69, 9.17) is 4.74 Å². The summed E-state index contributed by atoms with van der Waals surface area (Å²) in [6.07, 6.45) is 2.34. The van der Waals surface area contributed by atoms with E-state index >= 15 is 0 Å². The summed E-state index contributed by atoms with van der Waals surface area (Å²) in [5.74, 6) is 0.355. The molecule has 19 heavy (non-hydrogen) atoms. The summed E-state index contributed by atoms with van der Waals surface area (Å²) in [6, 6.07) is 2.98. The summed E-state index contributed by atoms with van der Waals surface area (Å²) in [7, 11) is 1.55. The normalized spacial score (nSPS) is 16.1. The van der Waals surface area contributed by atoms with Crippen LogP contribution in [0.4, 0.5) is 0 Å². The van der Waals surface area contributed by atoms with Gasteiger partial charge in [0.1, 0.15) is 5.69 Å². The van der Waals surface area contributed by atoms with E-state index in [1.807, 2.05) is 6.92 Å². The Hall–Kier alpha value is -1.69. The summed E-state index contributed by atoms with van der Waals surface area (Å²) < 4.78 is 6.16. The van der Waals surface area contributed by atoms with Crippen molar-refractivity contribution in [2.45, 2.75) is 32.4 Å². The average molecular weight is 265 g/mol. The third kappa shape index (κ3) is 3.64. The van der Waals surface area contributed by atoms with Gasteiger partial charge in [-0.15, -0.1) is 0 Å². The third-order valence-electron chi connectivity index (χ3n) is 3.29. The van der Waals surface area contributed by atoms with Gasteiger partial charge in [0, 0.05) is 19.2 Å². The van der Waals surface area contributed by atoms with Crippen molar-refractivity contribution in [2.24, 2.45) is 5.92 Å². The molecule has 1 N–H and O–H groups in total. The Kier molecular flexibility index (Phi) is 4.31. The molecule has 1 atom stereocenters. The molecule has 0 aromatic carbocycles. The molecule has 0 unspecified atom stereocenters. The van der Waals surface area contributed by atoms with Crippen molar-refractivity contribution in [3.05, 3.63) is 28.2 Å². The van der Waals surface area contributed by atoms with E-state index in [1.54, 1.807) is 7.11 Å². The molecule has 0 spiro atoms. The minimum atomic E-state index is -0.233. The molecule has 1 amide bonds. The second kappa shape index (κ2) is 5.97. The van der Waals surface area contributed by atoms with Gasteiger partial charge >= 0.3 is 0 Å². The van der Waals surface area contributed by atoms with Gasteiger partial charge in [0.2, 0.25) is 0 Å². The first-order chi connectivity index (χ1) is 9.11. The van der Waals surface area contributed by atoms with Crippen LogP contribution in [0.5, 0.6) is 0 Å². The lowest BCUT2D eigenvalue weighted by atomic mass is 10.2. The second-order valence-electron chi connectivity index (χ2n) is 4.87. The molecule has 0 aliphatic heterocycles. The van der Waals surface area contributed by atoms with Crippen LogP contribution < -0.4 is 10.9 Å². The predicted molar refractivity (Wildman–Crippen MR) is 70.0 cm³/mol. The van der Waals surface area contributed by atoms with E-state index in [2.05, 4.69) is 10.4 Å². The quantitative estimate of drug-likeness (QED) is 0.809. The summed E-state index contributed by atoms with van der Waals surface area (Å²) in [6.45, 7) is 2.72. The zero-order valence-corrected chi connectivity index (χ0v) is 11.3. The number of amides is 1. The van der Waals surface area contributed by atoms with Crippen molar-refractivity contribution in [3.8, 4) is 0 Å². The van der Waals surface area contributed by atoms with Crippen LogP contribution >= 0.6 is 0 Å². The van der Waals surface area contributed by atoms with Gasteiger partial charge in [-0.2, -0.15) is 5.10 Å². The predicted octanol–water partition coefficient (Wildman–Crippen LogP) is 0.418. The highest BCUT2D eigenvalue weighted by Crippen LogP contribution is 2.32. The molecule has 1 aliphatic carbocycles. The molecule has 0 saturated heterocycles. The van der Waals surface area contributed by atoms with Gasteiger partial charge in [0.05, 0.1) is 13.2 Å². The van der Waals surface area contributed by atoms with Crippen LogP contribution in [-0.2, 0) is 11.3 Å². The summed E-state index contributed by atoms with van der Waals surface area (Å²) in [4.78, 5) is 23.6. The molecule has 2 rings (SSSR count). The highest BCUT2D eigenvalue weighted by atomic mass is 16.5. The number of hydrogen-bond donors (Lipinski definition) is 1. The fraction of sp³-hybridized carbons (Fsp3) is 0.615. The van der Waals surface area contributed by atoms with Crippen molar-refractivity contribution in [3.63, 3.8) is 0 Å². The van der Waals surface area contributed by atoms with E-state index in [0.717, 1.165) is 0 Å². The van der Waals surface area contributed by atoms with Crippen LogP contribution in [0.15, 0.2) is 16.9 Å². The van der Waals surface area contributed by atoms with E-state index in [-0.39, 0.29) is 23.2 Å². The lowest BCUT2D eigenvalue weighted by Gasteiger charge is -2.12. The van der Waals surface area contributed by atoms with Gasteiger partial charge in [0.15, 0.2) is 0 Å². The Morgan fingerprint density at radius 3 is 2.95 bits per heavy atom. The number of carbonyl (C=O) groups excluding carboxylic acids is 1. The Balaban J connectivity index is 2.06. The summed E-state index contributed by atoms with van der Waals surface area (Å²) in [5, 5.41) is 6.97. The highest BCUT2D eigenvalue weighted by molar-refractivity contribution is 5.92. The lowest BCUT2D eigenvalue weighted by molar-refractivity contribution is 0.0927. The molecular formula is C13H19N3O3. The van der Waals surface area contributed by atoms with Crippen LogP contribution in [-0.4, -0.2) is 35.4 Å². The van der Waals surface area contributed by atoms with Gasteiger partial charge < -0.3 is 10.1 Å². The Bertz CT molecular complexity index is 508. The molecule has 0 bridgehead atoms. The lowest BCUT2D eigenvalue weighted by Crippen LogP contribution is -2.36. The van der Waals surface area contributed by atoms with E-state index in [9.17, 15) is 9.59 Å². The molecule has 6 heteroatoms. The highest BCUT2D eigenvalue weighted by Gasteiger charge is 2.29. The number of rotatable bonds is 6. The van der Waals surface area contributed by atoms with Gasteiger partial charge in [-0.1, -0.05) is 0 Å². The van der Waals surface area contributed by atoms with Crippen molar-refractivity contribution in [1.82, 2.24) is 15.1 Å². The van der Waals surface area contributed by atoms with Crippen LogP contribution in [0, 0.1) is 5.92 Å². The smallest absolute Gasteiger partial charge is 0.271 e. The van der Waals surface area contributed by atoms with Gasteiger partial charge in [0.25, 0.3) is 11.5 Å². The van der Waals surface area contributed by atoms with E-state index in [0.29, 0.717) is 19.1 Å². The van der Waals surface area contributed by atoms with Crippen molar-refractivity contribution < 1.29 is 9.53 Å². The van der Waals surface area contributed by atoms with Crippen molar-refractivity contribution in [2.75, 3.05) is 13.7 Å². The molecular weight excluding hydrogens is 246 g/mol. The Morgan fingerprint density at radius 1 is 1.58 bits per heavy atom. The third-order valence-corrected chi connectivity index (χ3v) is 3.29. The van der Waals surface area contributed by atoms with Crippen LogP contribution in [0.25, 0.3) is 0 Å². The Morgan fingerprint density at radius 2 is 2.32 bits per heavy atom. The number of nitrogens with zero attached hydrogens (tertiary/aromatic N) is 2. The minimum Gasteiger partial charge on any atom is -0.383 e. The molecule has 1 heterocycles. The maximum Gasteiger partial charge on any atom is 0.271 e. The second-order valence-corrected chi connectivity index (χ2v) is 4.87. The average Bonchev–Trinajstić information content (AvgIpc) is 3.21. The molecule has 1 saturated carbocycles. The van der Waals surface area contributed by atoms with Crippen LogP contribution in [0.3, 0.4) is 0 Å². The maximum atomic E-state index is 12.0. The SMILES string of the molecule is COCCn1nc(C(=O)N[C@H](C)C2CC2)ccc1=O. The van der Waals surface area contributed by atoms with Crippen LogP contribution in [0.2, 0.25) is 0 Å². The van der Waals surface area contributed by atoms with E-state index < -0.39 is 0 Å². The number of hydrogen-bond acceptors (Lipinski definition) is 4. The van der Waals surface area contributed by atoms with Gasteiger partial charge in [-0.25, -0.2) is 4.68 Å². The Labute approximate surface area is 111 Å². The van der Waals surface area contributed by atoms with Gasteiger partial charge in [-0.05, 0) is 31.7 Å². The first-order valence-electron chi connectivity index (χ1n) is 6.50. The van der Waals surface area contributed by atoms with E-state index in [1.165, 1.54) is 29.7 Å². The molecule has 1 aliphatic rings. The molecule has 0 radical (unpaired) electrons. The molecule has 1 aromatic heterocycles. The van der Waals surface area contributed by atoms with Crippen LogP contribution in [0.1, 0.15) is 30.3 Å². The molecule has 1 aromatic rings. The maximum absolute atomic E-state index is 12.0. The fourth-order valence-corrected chi connectivity index (χ4v) is 1.90. The minimum absolute atomic E-state index is 0.161. The molecule has 104 valence electrons. The zero-order chi connectivity index (χ0) is 13.8. The van der Waals surface area contributed by atoms with Gasteiger partial charge in [-0.3, -0.25) is 9.59 Å². The van der Waals surface area contributed by atoms with Crippen molar-refractivity contribution >= 4 is 5.91 Å². The largest absolute Gasteiger partial charge is 0.383 e. The molecule has 1 fully saturated rings. The first kappa shape index (κ1) is 13.7. The zero-order valence-electron chi connectivity index (χ0n) is 11.3. The topological polar surface area (TPSA) is 73.2 Å². The number of methoxy groups -OCH3 is 1. The summed E-state index contributed by atoms with van der Waals surface area (Å²) >= 11 is 0. The number of aromatic nitrogens is 2. The number of ether oxygens (including phenoxy) is 1. The number of nitrogens with one attached hydrogen (secondary N) is 1. The fourth-order valence-electron chi connectivity index (χ4n) is 1.90. The standard InChI is InChI=1S/C13H19N3O3/c1-9(10-3-4-10)14-13(18)11-5-6-12(17)16(15-11)7-8-19-2/h5-6,9-10H,3-4,7-8H2,1-2H3,(H,14,18)/t9-/m1/s1. The number of carbonyl (C=O) groups is 1.